The van der Waals surface area contributed by atoms with Crippen LogP contribution in [0.1, 0.15) is 36.3 Å². The van der Waals surface area contributed by atoms with Crippen LogP contribution in [-0.2, 0) is 5.41 Å². The molecule has 0 atom stereocenters. The lowest BCUT2D eigenvalue weighted by Gasteiger charge is -2.16. The number of hydrogen-bond donors (Lipinski definition) is 1. The van der Waals surface area contributed by atoms with Crippen LogP contribution < -0.4 is 10.1 Å². The second-order valence-electron chi connectivity index (χ2n) is 5.23. The Morgan fingerprint density at radius 2 is 1.95 bits per heavy atom. The van der Waals surface area contributed by atoms with Crippen molar-refractivity contribution in [2.24, 2.45) is 0 Å². The van der Waals surface area contributed by atoms with E-state index in [1.807, 2.05) is 20.8 Å². The van der Waals surface area contributed by atoms with Gasteiger partial charge in [0, 0.05) is 11.5 Å². The topological polar surface area (TPSA) is 77.0 Å². The maximum Gasteiger partial charge on any atom is 0.267 e. The Hall–Kier alpha value is -2.02. The lowest BCUT2D eigenvalue weighted by molar-refractivity contribution is 0.103. The van der Waals surface area contributed by atoms with Gasteiger partial charge in [0.25, 0.3) is 5.91 Å². The fourth-order valence-electron chi connectivity index (χ4n) is 1.43. The molecule has 0 aliphatic carbocycles. The number of nitrogens with zero attached hydrogens (tertiary/aromatic N) is 3. The highest BCUT2D eigenvalue weighted by molar-refractivity contribution is 7.08. The molecule has 106 valence electrons. The lowest BCUT2D eigenvalue weighted by Crippen LogP contribution is -2.17. The van der Waals surface area contributed by atoms with Gasteiger partial charge in [-0.05, 0) is 11.5 Å². The second kappa shape index (κ2) is 5.54. The van der Waals surface area contributed by atoms with E-state index in [1.165, 1.54) is 7.11 Å². The van der Waals surface area contributed by atoms with Crippen molar-refractivity contribution in [2.45, 2.75) is 26.2 Å². The first-order valence-corrected chi connectivity index (χ1v) is 6.82. The number of nitrogens with one attached hydrogen (secondary N) is 1. The summed E-state index contributed by atoms with van der Waals surface area (Å²) < 4.78 is 8.91. The van der Waals surface area contributed by atoms with Gasteiger partial charge in [-0.15, -0.1) is 0 Å². The Morgan fingerprint density at radius 3 is 2.45 bits per heavy atom. The number of carbonyl (C=O) groups is 1. The SMILES string of the molecule is COc1cc(C(=O)Nc2cnc(C(C)(C)C)nc2)sn1. The number of ether oxygens (including phenoxy) is 1. The molecule has 1 amide bonds. The van der Waals surface area contributed by atoms with E-state index in [1.54, 1.807) is 18.5 Å². The minimum Gasteiger partial charge on any atom is -0.480 e. The van der Waals surface area contributed by atoms with Gasteiger partial charge in [0.05, 0.1) is 25.2 Å². The predicted octanol–water partition coefficient (Wildman–Crippen LogP) is 2.49. The van der Waals surface area contributed by atoms with E-state index in [0.29, 0.717) is 16.4 Å². The number of carbonyl (C=O) groups excluding carboxylic acids is 1. The number of amides is 1. The molecule has 0 bridgehead atoms. The van der Waals surface area contributed by atoms with Gasteiger partial charge in [-0.2, -0.15) is 4.37 Å². The van der Waals surface area contributed by atoms with Crippen molar-refractivity contribution in [3.8, 4) is 5.88 Å². The van der Waals surface area contributed by atoms with Gasteiger partial charge in [0.15, 0.2) is 0 Å². The van der Waals surface area contributed by atoms with Crippen LogP contribution in [0, 0.1) is 0 Å². The van der Waals surface area contributed by atoms with Gasteiger partial charge in [0.2, 0.25) is 5.88 Å². The Labute approximate surface area is 121 Å². The number of aromatic nitrogens is 3. The molecule has 0 fully saturated rings. The molecular formula is C13H16N4O2S. The zero-order valence-corrected chi connectivity index (χ0v) is 12.6. The quantitative estimate of drug-likeness (QED) is 0.940. The normalized spacial score (nSPS) is 11.2. The van der Waals surface area contributed by atoms with E-state index in [4.69, 9.17) is 4.74 Å². The fourth-order valence-corrected chi connectivity index (χ4v) is 2.04. The molecule has 0 saturated carbocycles. The third kappa shape index (κ3) is 3.30. The molecule has 0 spiro atoms. The average molecular weight is 292 g/mol. The zero-order chi connectivity index (χ0) is 14.8. The smallest absolute Gasteiger partial charge is 0.267 e. The molecule has 2 aromatic heterocycles. The summed E-state index contributed by atoms with van der Waals surface area (Å²) >= 11 is 1.08. The summed E-state index contributed by atoms with van der Waals surface area (Å²) in [6, 6.07) is 1.59. The summed E-state index contributed by atoms with van der Waals surface area (Å²) in [6.45, 7) is 6.10. The first-order chi connectivity index (χ1) is 9.40. The van der Waals surface area contributed by atoms with Crippen molar-refractivity contribution in [3.63, 3.8) is 0 Å². The highest BCUT2D eigenvalue weighted by Crippen LogP contribution is 2.20. The van der Waals surface area contributed by atoms with E-state index in [2.05, 4.69) is 19.7 Å². The van der Waals surface area contributed by atoms with Crippen LogP contribution in [0.15, 0.2) is 18.5 Å². The molecule has 6 nitrogen and oxygen atoms in total. The number of methoxy groups -OCH3 is 1. The maximum absolute atomic E-state index is 12.0. The van der Waals surface area contributed by atoms with E-state index >= 15 is 0 Å². The highest BCUT2D eigenvalue weighted by Gasteiger charge is 2.17. The molecule has 0 aromatic carbocycles. The summed E-state index contributed by atoms with van der Waals surface area (Å²) in [5.74, 6) is 0.910. The van der Waals surface area contributed by atoms with E-state index < -0.39 is 0 Å². The Balaban J connectivity index is 2.08. The molecule has 0 radical (unpaired) electrons. The third-order valence-corrected chi connectivity index (χ3v) is 3.27. The maximum atomic E-state index is 12.0. The first-order valence-electron chi connectivity index (χ1n) is 6.05. The van der Waals surface area contributed by atoms with Crippen LogP contribution in [0.25, 0.3) is 0 Å². The molecular weight excluding hydrogens is 276 g/mol. The monoisotopic (exact) mass is 292 g/mol. The number of anilines is 1. The summed E-state index contributed by atoms with van der Waals surface area (Å²) in [7, 11) is 1.51. The largest absolute Gasteiger partial charge is 0.480 e. The van der Waals surface area contributed by atoms with Crippen LogP contribution in [0.5, 0.6) is 5.88 Å². The van der Waals surface area contributed by atoms with Gasteiger partial charge in [-0.3, -0.25) is 4.79 Å². The van der Waals surface area contributed by atoms with Gasteiger partial charge in [-0.1, -0.05) is 20.8 Å². The summed E-state index contributed by atoms with van der Waals surface area (Å²) in [6.07, 6.45) is 3.20. The van der Waals surface area contributed by atoms with Crippen molar-refractivity contribution in [1.82, 2.24) is 14.3 Å². The van der Waals surface area contributed by atoms with Gasteiger partial charge in [0.1, 0.15) is 10.7 Å². The first kappa shape index (κ1) is 14.4. The lowest BCUT2D eigenvalue weighted by atomic mass is 9.96. The molecule has 2 heterocycles. The fraction of sp³-hybridized carbons (Fsp3) is 0.385. The molecule has 0 unspecified atom stereocenters. The van der Waals surface area contributed by atoms with Crippen molar-refractivity contribution in [3.05, 3.63) is 29.2 Å². The standard InChI is InChI=1S/C13H16N4O2S/c1-13(2,3)12-14-6-8(7-15-12)16-11(18)9-5-10(19-4)17-20-9/h5-7H,1-4H3,(H,16,18). The van der Waals surface area contributed by atoms with Gasteiger partial charge >= 0.3 is 0 Å². The minimum absolute atomic E-state index is 0.117. The van der Waals surface area contributed by atoms with Crippen molar-refractivity contribution >= 4 is 23.1 Å². The highest BCUT2D eigenvalue weighted by atomic mass is 32.1. The molecule has 2 rings (SSSR count). The Morgan fingerprint density at radius 1 is 1.30 bits per heavy atom. The van der Waals surface area contributed by atoms with Gasteiger partial charge < -0.3 is 10.1 Å². The molecule has 7 heteroatoms. The van der Waals surface area contributed by atoms with Gasteiger partial charge in [-0.25, -0.2) is 9.97 Å². The third-order valence-electron chi connectivity index (χ3n) is 2.50. The van der Waals surface area contributed by atoms with Crippen LogP contribution in [0.3, 0.4) is 0 Å². The second-order valence-corrected chi connectivity index (χ2v) is 6.04. The minimum atomic E-state index is -0.252. The molecule has 0 saturated heterocycles. The summed E-state index contributed by atoms with van der Waals surface area (Å²) in [5, 5.41) is 2.73. The van der Waals surface area contributed by atoms with Crippen LogP contribution in [0.2, 0.25) is 0 Å². The van der Waals surface area contributed by atoms with E-state index in [0.717, 1.165) is 17.4 Å². The van der Waals surface area contributed by atoms with Crippen molar-refractivity contribution in [1.29, 1.82) is 0 Å². The Bertz CT molecular complexity index is 602. The van der Waals surface area contributed by atoms with Crippen LogP contribution >= 0.6 is 11.5 Å². The summed E-state index contributed by atoms with van der Waals surface area (Å²) in [5.41, 5.74) is 0.434. The van der Waals surface area contributed by atoms with E-state index in [-0.39, 0.29) is 11.3 Å². The van der Waals surface area contributed by atoms with Crippen molar-refractivity contribution in [2.75, 3.05) is 12.4 Å². The molecule has 20 heavy (non-hydrogen) atoms. The number of rotatable bonds is 3. The molecule has 0 aliphatic rings. The zero-order valence-electron chi connectivity index (χ0n) is 11.8. The van der Waals surface area contributed by atoms with E-state index in [9.17, 15) is 4.79 Å². The van der Waals surface area contributed by atoms with Crippen LogP contribution in [-0.4, -0.2) is 27.4 Å². The predicted molar refractivity (Wildman–Crippen MR) is 77.4 cm³/mol. The number of hydrogen-bond acceptors (Lipinski definition) is 6. The van der Waals surface area contributed by atoms with Crippen LogP contribution in [0.4, 0.5) is 5.69 Å². The average Bonchev–Trinajstić information content (AvgIpc) is 2.87. The molecule has 0 aliphatic heterocycles. The summed E-state index contributed by atoms with van der Waals surface area (Å²) in [4.78, 5) is 21.0. The van der Waals surface area contributed by atoms with Crippen molar-refractivity contribution < 1.29 is 9.53 Å². The molecule has 1 N–H and O–H groups in total. The Kier molecular flexibility index (Phi) is 3.99. The molecule has 2 aromatic rings.